The van der Waals surface area contributed by atoms with Gasteiger partial charge in [0.15, 0.2) is 0 Å². The van der Waals surface area contributed by atoms with Crippen molar-refractivity contribution in [3.63, 3.8) is 0 Å². The lowest BCUT2D eigenvalue weighted by Crippen LogP contribution is -2.27. The number of amides is 1. The third-order valence-corrected chi connectivity index (χ3v) is 4.08. The van der Waals surface area contributed by atoms with Gasteiger partial charge in [-0.1, -0.05) is 24.3 Å². The Balaban J connectivity index is 1.76. The van der Waals surface area contributed by atoms with E-state index in [4.69, 9.17) is 0 Å². The summed E-state index contributed by atoms with van der Waals surface area (Å²) < 4.78 is 13.7. The van der Waals surface area contributed by atoms with E-state index in [9.17, 15) is 9.18 Å². The zero-order valence-electron chi connectivity index (χ0n) is 12.0. The van der Waals surface area contributed by atoms with Gasteiger partial charge in [-0.2, -0.15) is 0 Å². The molecule has 3 heteroatoms. The van der Waals surface area contributed by atoms with E-state index in [1.54, 1.807) is 25.1 Å². The smallest absolute Gasteiger partial charge is 0.251 e. The number of carbonyl (C=O) groups is 1. The Hall–Kier alpha value is -2.16. The predicted octanol–water partition coefficient (Wildman–Crippen LogP) is 3.81. The number of benzene rings is 2. The minimum Gasteiger partial charge on any atom is -0.345 e. The topological polar surface area (TPSA) is 29.1 Å². The molecule has 1 unspecified atom stereocenters. The van der Waals surface area contributed by atoms with Gasteiger partial charge in [-0.05, 0) is 55.5 Å². The van der Waals surface area contributed by atoms with Crippen molar-refractivity contribution in [2.45, 2.75) is 32.2 Å². The van der Waals surface area contributed by atoms with E-state index < -0.39 is 0 Å². The Kier molecular flexibility index (Phi) is 3.74. The lowest BCUT2D eigenvalue weighted by molar-refractivity contribution is 0.0939. The summed E-state index contributed by atoms with van der Waals surface area (Å²) in [4.78, 5) is 12.3. The third-order valence-electron chi connectivity index (χ3n) is 4.08. The van der Waals surface area contributed by atoms with Crippen molar-refractivity contribution in [2.24, 2.45) is 0 Å². The van der Waals surface area contributed by atoms with Crippen LogP contribution in [-0.4, -0.2) is 5.91 Å². The van der Waals surface area contributed by atoms with Crippen LogP contribution in [-0.2, 0) is 12.8 Å². The molecular formula is C18H18FNO. The highest BCUT2D eigenvalue weighted by atomic mass is 19.1. The second-order valence-electron chi connectivity index (χ2n) is 5.55. The molecule has 21 heavy (non-hydrogen) atoms. The number of rotatable bonds is 3. The fraction of sp³-hybridized carbons (Fsp3) is 0.278. The highest BCUT2D eigenvalue weighted by Gasteiger charge is 2.17. The third kappa shape index (κ3) is 2.82. The average molecular weight is 283 g/mol. The number of aryl methyl sites for hydroxylation is 2. The molecule has 1 N–H and O–H groups in total. The molecule has 0 fully saturated rings. The molecule has 0 saturated carbocycles. The minimum absolute atomic E-state index is 0.152. The van der Waals surface area contributed by atoms with E-state index in [1.165, 1.54) is 17.2 Å². The maximum Gasteiger partial charge on any atom is 0.251 e. The molecule has 0 spiro atoms. The molecule has 0 bridgehead atoms. The first-order chi connectivity index (χ1) is 10.1. The van der Waals surface area contributed by atoms with Gasteiger partial charge in [-0.25, -0.2) is 4.39 Å². The maximum atomic E-state index is 13.7. The number of hydrogen-bond acceptors (Lipinski definition) is 1. The van der Waals surface area contributed by atoms with Gasteiger partial charge in [0.05, 0.1) is 6.04 Å². The zero-order chi connectivity index (χ0) is 14.8. The molecule has 1 amide bonds. The number of hydrogen-bond donors (Lipinski definition) is 1. The molecule has 2 aromatic rings. The SMILES string of the molecule is CC(NC(=O)c1ccc2c(c1)CCC2)c1ccccc1F. The Morgan fingerprint density at radius 2 is 1.90 bits per heavy atom. The summed E-state index contributed by atoms with van der Waals surface area (Å²) in [6, 6.07) is 12.0. The summed E-state index contributed by atoms with van der Waals surface area (Å²) in [6.07, 6.45) is 3.30. The largest absolute Gasteiger partial charge is 0.345 e. The van der Waals surface area contributed by atoms with Crippen molar-refractivity contribution in [2.75, 3.05) is 0 Å². The Morgan fingerprint density at radius 3 is 2.71 bits per heavy atom. The molecule has 0 radical (unpaired) electrons. The zero-order valence-corrected chi connectivity index (χ0v) is 12.0. The Bertz CT molecular complexity index is 681. The molecule has 1 atom stereocenters. The summed E-state index contributed by atoms with van der Waals surface area (Å²) in [7, 11) is 0. The van der Waals surface area contributed by atoms with Crippen LogP contribution in [0.5, 0.6) is 0 Å². The summed E-state index contributed by atoms with van der Waals surface area (Å²) in [5, 5.41) is 2.87. The Labute approximate surface area is 124 Å². The number of fused-ring (bicyclic) bond motifs is 1. The van der Waals surface area contributed by atoms with E-state index in [0.717, 1.165) is 19.3 Å². The normalized spacial score (nSPS) is 14.6. The van der Waals surface area contributed by atoms with E-state index in [2.05, 4.69) is 5.32 Å². The van der Waals surface area contributed by atoms with E-state index in [1.807, 2.05) is 18.2 Å². The molecule has 108 valence electrons. The van der Waals surface area contributed by atoms with Crippen molar-refractivity contribution >= 4 is 5.91 Å². The van der Waals surface area contributed by atoms with Crippen molar-refractivity contribution in [1.82, 2.24) is 5.32 Å². The van der Waals surface area contributed by atoms with Crippen LogP contribution in [0.4, 0.5) is 4.39 Å². The van der Waals surface area contributed by atoms with Crippen molar-refractivity contribution < 1.29 is 9.18 Å². The van der Waals surface area contributed by atoms with Crippen molar-refractivity contribution in [3.8, 4) is 0 Å². The molecular weight excluding hydrogens is 265 g/mol. The number of carbonyl (C=O) groups excluding carboxylic acids is 1. The lowest BCUT2D eigenvalue weighted by atomic mass is 10.0. The van der Waals surface area contributed by atoms with Crippen LogP contribution in [0.1, 0.15) is 46.4 Å². The molecule has 2 nitrogen and oxygen atoms in total. The fourth-order valence-electron chi connectivity index (χ4n) is 2.90. The molecule has 0 heterocycles. The van der Waals surface area contributed by atoms with Gasteiger partial charge in [0.2, 0.25) is 0 Å². The monoisotopic (exact) mass is 283 g/mol. The molecule has 2 aromatic carbocycles. The summed E-state index contributed by atoms with van der Waals surface area (Å²) in [6.45, 7) is 1.80. The Morgan fingerprint density at radius 1 is 1.14 bits per heavy atom. The first-order valence-electron chi connectivity index (χ1n) is 7.32. The van der Waals surface area contributed by atoms with E-state index in [0.29, 0.717) is 11.1 Å². The molecule has 0 saturated heterocycles. The highest BCUT2D eigenvalue weighted by molar-refractivity contribution is 5.94. The van der Waals surface area contributed by atoms with E-state index >= 15 is 0 Å². The van der Waals surface area contributed by atoms with Crippen LogP contribution in [0.2, 0.25) is 0 Å². The molecule has 1 aliphatic carbocycles. The number of nitrogens with one attached hydrogen (secondary N) is 1. The maximum absolute atomic E-state index is 13.7. The number of halogens is 1. The van der Waals surface area contributed by atoms with Gasteiger partial charge in [0.25, 0.3) is 5.91 Å². The van der Waals surface area contributed by atoms with Gasteiger partial charge in [0, 0.05) is 11.1 Å². The van der Waals surface area contributed by atoms with Crippen LogP contribution in [0.25, 0.3) is 0 Å². The molecule has 0 aromatic heterocycles. The second-order valence-corrected chi connectivity index (χ2v) is 5.55. The van der Waals surface area contributed by atoms with Crippen molar-refractivity contribution in [1.29, 1.82) is 0 Å². The lowest BCUT2D eigenvalue weighted by Gasteiger charge is -2.15. The summed E-state index contributed by atoms with van der Waals surface area (Å²) in [5.41, 5.74) is 3.76. The van der Waals surface area contributed by atoms with Gasteiger partial charge in [-0.15, -0.1) is 0 Å². The van der Waals surface area contributed by atoms with Crippen molar-refractivity contribution in [3.05, 3.63) is 70.5 Å². The van der Waals surface area contributed by atoms with Crippen LogP contribution >= 0.6 is 0 Å². The standard InChI is InChI=1S/C18H18FNO/c1-12(16-7-2-3-8-17(16)19)20-18(21)15-10-9-13-5-4-6-14(13)11-15/h2-3,7-12H,4-6H2,1H3,(H,20,21). The van der Waals surface area contributed by atoms with Crippen LogP contribution in [0, 0.1) is 5.82 Å². The highest BCUT2D eigenvalue weighted by Crippen LogP contribution is 2.23. The second kappa shape index (κ2) is 5.68. The quantitative estimate of drug-likeness (QED) is 0.912. The van der Waals surface area contributed by atoms with Gasteiger partial charge >= 0.3 is 0 Å². The van der Waals surface area contributed by atoms with Gasteiger partial charge in [-0.3, -0.25) is 4.79 Å². The van der Waals surface area contributed by atoms with Crippen LogP contribution < -0.4 is 5.32 Å². The first kappa shape index (κ1) is 13.8. The molecule has 3 rings (SSSR count). The summed E-state index contributed by atoms with van der Waals surface area (Å²) >= 11 is 0. The van der Waals surface area contributed by atoms with Gasteiger partial charge in [0.1, 0.15) is 5.82 Å². The first-order valence-corrected chi connectivity index (χ1v) is 7.32. The van der Waals surface area contributed by atoms with Crippen LogP contribution in [0.3, 0.4) is 0 Å². The molecule has 1 aliphatic rings. The predicted molar refractivity (Wildman–Crippen MR) is 80.7 cm³/mol. The average Bonchev–Trinajstić information content (AvgIpc) is 2.94. The fourth-order valence-corrected chi connectivity index (χ4v) is 2.90. The summed E-state index contributed by atoms with van der Waals surface area (Å²) in [5.74, 6) is -0.445. The van der Waals surface area contributed by atoms with Crippen LogP contribution in [0.15, 0.2) is 42.5 Å². The van der Waals surface area contributed by atoms with E-state index in [-0.39, 0.29) is 17.8 Å². The minimum atomic E-state index is -0.355. The van der Waals surface area contributed by atoms with Gasteiger partial charge < -0.3 is 5.32 Å². The molecule has 0 aliphatic heterocycles.